The second-order valence-corrected chi connectivity index (χ2v) is 5.23. The van der Waals surface area contributed by atoms with E-state index < -0.39 is 0 Å². The molecule has 3 rings (SSSR count). The molecule has 0 fully saturated rings. The van der Waals surface area contributed by atoms with E-state index >= 15 is 0 Å². The van der Waals surface area contributed by atoms with Gasteiger partial charge in [0.05, 0.1) is 11.7 Å². The Balaban J connectivity index is 1.82. The van der Waals surface area contributed by atoms with Gasteiger partial charge in [0, 0.05) is 7.11 Å². The first kappa shape index (κ1) is 13.8. The van der Waals surface area contributed by atoms with Crippen molar-refractivity contribution in [1.29, 1.82) is 0 Å². The molecule has 0 saturated heterocycles. The maximum atomic E-state index is 12.1. The molecule has 1 atom stereocenters. The van der Waals surface area contributed by atoms with Crippen LogP contribution in [0.25, 0.3) is 0 Å². The molecule has 0 radical (unpaired) electrons. The Hall–Kier alpha value is -2.13. The van der Waals surface area contributed by atoms with Gasteiger partial charge in [0.2, 0.25) is 0 Å². The van der Waals surface area contributed by atoms with Crippen molar-refractivity contribution in [2.45, 2.75) is 25.4 Å². The number of carbonyl (C=O) groups is 1. The Morgan fingerprint density at radius 1 is 1.14 bits per heavy atom. The maximum absolute atomic E-state index is 12.1. The van der Waals surface area contributed by atoms with Crippen molar-refractivity contribution in [3.63, 3.8) is 0 Å². The third-order valence-corrected chi connectivity index (χ3v) is 3.88. The number of esters is 1. The molecule has 2 aromatic rings. The van der Waals surface area contributed by atoms with E-state index in [9.17, 15) is 4.79 Å². The molecule has 0 spiro atoms. The highest BCUT2D eigenvalue weighted by molar-refractivity contribution is 5.90. The minimum atomic E-state index is -0.333. The third-order valence-electron chi connectivity index (χ3n) is 3.88. The van der Waals surface area contributed by atoms with Crippen molar-refractivity contribution in [2.24, 2.45) is 0 Å². The number of aryl methyl sites for hydroxylation is 1. The molecule has 0 N–H and O–H groups in total. The van der Waals surface area contributed by atoms with Gasteiger partial charge in [0.25, 0.3) is 0 Å². The Kier molecular flexibility index (Phi) is 4.02. The lowest BCUT2D eigenvalue weighted by molar-refractivity contribution is 0.0729. The first-order chi connectivity index (χ1) is 10.3. The van der Waals surface area contributed by atoms with Crippen LogP contribution in [-0.4, -0.2) is 13.1 Å². The second kappa shape index (κ2) is 6.10. The van der Waals surface area contributed by atoms with E-state index in [1.54, 1.807) is 19.2 Å². The number of rotatable bonds is 3. The van der Waals surface area contributed by atoms with Gasteiger partial charge in [-0.15, -0.1) is 0 Å². The largest absolute Gasteiger partial charge is 0.423 e. The van der Waals surface area contributed by atoms with Crippen molar-refractivity contribution in [3.05, 3.63) is 65.2 Å². The van der Waals surface area contributed by atoms with E-state index in [4.69, 9.17) is 9.47 Å². The van der Waals surface area contributed by atoms with E-state index in [1.165, 1.54) is 5.56 Å². The number of fused-ring (bicyclic) bond motifs is 1. The van der Waals surface area contributed by atoms with Crippen LogP contribution in [0.1, 0.15) is 40.4 Å². The summed E-state index contributed by atoms with van der Waals surface area (Å²) in [5.74, 6) is 0.242. The highest BCUT2D eigenvalue weighted by Gasteiger charge is 2.21. The van der Waals surface area contributed by atoms with Gasteiger partial charge in [-0.25, -0.2) is 4.79 Å². The molecule has 0 bridgehead atoms. The van der Waals surface area contributed by atoms with Crippen molar-refractivity contribution in [2.75, 3.05) is 7.11 Å². The smallest absolute Gasteiger partial charge is 0.343 e. The maximum Gasteiger partial charge on any atom is 0.343 e. The molecule has 2 aromatic carbocycles. The fraction of sp³-hybridized carbons (Fsp3) is 0.278. The van der Waals surface area contributed by atoms with Gasteiger partial charge in [0.15, 0.2) is 0 Å². The van der Waals surface area contributed by atoms with Gasteiger partial charge >= 0.3 is 5.97 Å². The molecule has 1 aliphatic rings. The summed E-state index contributed by atoms with van der Waals surface area (Å²) < 4.78 is 11.0. The molecule has 0 amide bonds. The molecule has 3 nitrogen and oxygen atoms in total. The van der Waals surface area contributed by atoms with Gasteiger partial charge in [-0.05, 0) is 54.7 Å². The van der Waals surface area contributed by atoms with Crippen molar-refractivity contribution in [3.8, 4) is 5.75 Å². The van der Waals surface area contributed by atoms with E-state index in [1.807, 2.05) is 36.4 Å². The molecule has 1 unspecified atom stereocenters. The fourth-order valence-electron chi connectivity index (χ4n) is 2.78. The lowest BCUT2D eigenvalue weighted by Gasteiger charge is -2.24. The molecule has 0 aromatic heterocycles. The fourth-order valence-corrected chi connectivity index (χ4v) is 2.78. The highest BCUT2D eigenvalue weighted by atomic mass is 16.5. The number of hydrogen-bond donors (Lipinski definition) is 0. The zero-order chi connectivity index (χ0) is 14.7. The molecular formula is C18H18O3. The van der Waals surface area contributed by atoms with Crippen molar-refractivity contribution in [1.82, 2.24) is 0 Å². The Morgan fingerprint density at radius 2 is 1.95 bits per heavy atom. The van der Waals surface area contributed by atoms with Crippen LogP contribution >= 0.6 is 0 Å². The topological polar surface area (TPSA) is 35.5 Å². The van der Waals surface area contributed by atoms with Crippen LogP contribution < -0.4 is 4.74 Å². The van der Waals surface area contributed by atoms with Crippen LogP contribution in [-0.2, 0) is 11.2 Å². The van der Waals surface area contributed by atoms with Gasteiger partial charge in [0.1, 0.15) is 5.75 Å². The molecule has 108 valence electrons. The number of methoxy groups -OCH3 is 1. The number of hydrogen-bond acceptors (Lipinski definition) is 3. The van der Waals surface area contributed by atoms with E-state index in [2.05, 4.69) is 0 Å². The molecule has 0 aliphatic heterocycles. The molecule has 3 heteroatoms. The average Bonchev–Trinajstić information content (AvgIpc) is 2.55. The molecule has 21 heavy (non-hydrogen) atoms. The lowest BCUT2D eigenvalue weighted by atomic mass is 9.89. The summed E-state index contributed by atoms with van der Waals surface area (Å²) in [5.41, 5.74) is 2.98. The van der Waals surface area contributed by atoms with Crippen LogP contribution in [0.2, 0.25) is 0 Å². The van der Waals surface area contributed by atoms with Gasteiger partial charge in [-0.2, -0.15) is 0 Å². The first-order valence-electron chi connectivity index (χ1n) is 7.21. The zero-order valence-corrected chi connectivity index (χ0v) is 12.0. The lowest BCUT2D eigenvalue weighted by Crippen LogP contribution is -2.13. The summed E-state index contributed by atoms with van der Waals surface area (Å²) in [6.07, 6.45) is 3.31. The van der Waals surface area contributed by atoms with Gasteiger partial charge < -0.3 is 9.47 Å². The van der Waals surface area contributed by atoms with Crippen LogP contribution in [0.3, 0.4) is 0 Å². The summed E-state index contributed by atoms with van der Waals surface area (Å²) in [5, 5.41) is 0. The van der Waals surface area contributed by atoms with Crippen molar-refractivity contribution < 1.29 is 14.3 Å². The van der Waals surface area contributed by atoms with Gasteiger partial charge in [-0.3, -0.25) is 0 Å². The Labute approximate surface area is 124 Å². The van der Waals surface area contributed by atoms with Crippen molar-refractivity contribution >= 4 is 5.97 Å². The predicted octanol–water partition coefficient (Wildman–Crippen LogP) is 3.93. The second-order valence-electron chi connectivity index (χ2n) is 5.23. The molecule has 0 heterocycles. The normalized spacial score (nSPS) is 17.1. The quantitative estimate of drug-likeness (QED) is 0.632. The third kappa shape index (κ3) is 2.98. The molecule has 0 saturated carbocycles. The summed E-state index contributed by atoms with van der Waals surface area (Å²) in [4.78, 5) is 12.1. The monoisotopic (exact) mass is 282 g/mol. The van der Waals surface area contributed by atoms with Crippen LogP contribution in [0.15, 0.2) is 48.5 Å². The summed E-state index contributed by atoms with van der Waals surface area (Å²) in [6, 6.07) is 14.8. The first-order valence-corrected chi connectivity index (χ1v) is 7.21. The van der Waals surface area contributed by atoms with E-state index in [0.29, 0.717) is 11.3 Å². The van der Waals surface area contributed by atoms with Crippen LogP contribution in [0.4, 0.5) is 0 Å². The summed E-state index contributed by atoms with van der Waals surface area (Å²) in [7, 11) is 1.72. The minimum Gasteiger partial charge on any atom is -0.423 e. The zero-order valence-electron chi connectivity index (χ0n) is 12.0. The standard InChI is InChI=1S/C18H18O3/c1-20-17-9-5-8-13-10-11-15(12-16(13)17)21-18(19)14-6-3-2-4-7-14/h2-4,6-7,10-12,17H,5,8-9H2,1H3. The number of ether oxygens (including phenoxy) is 2. The average molecular weight is 282 g/mol. The van der Waals surface area contributed by atoms with E-state index in [-0.39, 0.29) is 12.1 Å². The van der Waals surface area contributed by atoms with Crippen LogP contribution in [0, 0.1) is 0 Å². The van der Waals surface area contributed by atoms with E-state index in [0.717, 1.165) is 24.8 Å². The SMILES string of the molecule is COC1CCCc2ccc(OC(=O)c3ccccc3)cc21. The number of benzene rings is 2. The molecular weight excluding hydrogens is 264 g/mol. The Bertz CT molecular complexity index is 634. The summed E-state index contributed by atoms with van der Waals surface area (Å²) in [6.45, 7) is 0. The Morgan fingerprint density at radius 3 is 2.71 bits per heavy atom. The summed E-state index contributed by atoms with van der Waals surface area (Å²) >= 11 is 0. The predicted molar refractivity (Wildman–Crippen MR) is 80.5 cm³/mol. The van der Waals surface area contributed by atoms with Gasteiger partial charge in [-0.1, -0.05) is 24.3 Å². The van der Waals surface area contributed by atoms with Crippen LogP contribution in [0.5, 0.6) is 5.75 Å². The molecule has 1 aliphatic carbocycles. The number of carbonyl (C=O) groups excluding carboxylic acids is 1. The highest BCUT2D eigenvalue weighted by Crippen LogP contribution is 2.34. The minimum absolute atomic E-state index is 0.101.